The first-order chi connectivity index (χ1) is 8.60. The molecule has 7 heteroatoms. The lowest BCUT2D eigenvalue weighted by Gasteiger charge is -2.18. The van der Waals surface area contributed by atoms with E-state index in [1.807, 2.05) is 19.0 Å². The molecular weight excluding hydrogens is 254 g/mol. The van der Waals surface area contributed by atoms with E-state index in [9.17, 15) is 0 Å². The Morgan fingerprint density at radius 3 is 2.83 bits per heavy atom. The van der Waals surface area contributed by atoms with E-state index >= 15 is 0 Å². The highest BCUT2D eigenvalue weighted by Gasteiger charge is 2.25. The molecule has 1 atom stereocenters. The van der Waals surface area contributed by atoms with Crippen molar-refractivity contribution in [3.63, 3.8) is 0 Å². The minimum absolute atomic E-state index is 0.235. The fourth-order valence-corrected chi connectivity index (χ4v) is 2.21. The van der Waals surface area contributed by atoms with Gasteiger partial charge in [0, 0.05) is 40.2 Å². The fraction of sp³-hybridized carbons (Fsp3) is 0.727. The molecule has 0 saturated carbocycles. The van der Waals surface area contributed by atoms with Gasteiger partial charge in [0.2, 0.25) is 17.2 Å². The van der Waals surface area contributed by atoms with E-state index in [1.165, 1.54) is 0 Å². The molecule has 0 aromatic carbocycles. The maximum absolute atomic E-state index is 5.93. The summed E-state index contributed by atoms with van der Waals surface area (Å²) in [5.74, 6) is 1.77. The molecular formula is C11H18ClN5O. The molecule has 6 nitrogen and oxygen atoms in total. The van der Waals surface area contributed by atoms with Crippen molar-refractivity contribution in [1.29, 1.82) is 0 Å². The molecule has 0 radical (unpaired) electrons. The molecule has 1 aromatic rings. The third-order valence-electron chi connectivity index (χ3n) is 2.96. The van der Waals surface area contributed by atoms with Crippen LogP contribution in [0.25, 0.3) is 0 Å². The molecule has 1 aromatic heterocycles. The number of nitrogens with zero attached hydrogens (tertiary/aromatic N) is 5. The third kappa shape index (κ3) is 3.00. The largest absolute Gasteiger partial charge is 0.384 e. The van der Waals surface area contributed by atoms with Gasteiger partial charge in [-0.05, 0) is 18.0 Å². The molecule has 1 unspecified atom stereocenters. The van der Waals surface area contributed by atoms with Crippen LogP contribution in [0, 0.1) is 5.92 Å². The molecule has 100 valence electrons. The maximum atomic E-state index is 5.93. The van der Waals surface area contributed by atoms with Gasteiger partial charge in [-0.15, -0.1) is 0 Å². The summed E-state index contributed by atoms with van der Waals surface area (Å²) < 4.78 is 5.18. The van der Waals surface area contributed by atoms with Gasteiger partial charge in [0.25, 0.3) is 0 Å². The first kappa shape index (κ1) is 13.3. The lowest BCUT2D eigenvalue weighted by atomic mass is 10.1. The number of hydrogen-bond acceptors (Lipinski definition) is 6. The second kappa shape index (κ2) is 5.67. The molecule has 1 saturated heterocycles. The molecule has 1 aliphatic rings. The Kier molecular flexibility index (Phi) is 4.19. The van der Waals surface area contributed by atoms with Gasteiger partial charge in [0.15, 0.2) is 0 Å². The van der Waals surface area contributed by atoms with Crippen LogP contribution in [0.2, 0.25) is 5.28 Å². The van der Waals surface area contributed by atoms with Gasteiger partial charge in [-0.25, -0.2) is 0 Å². The van der Waals surface area contributed by atoms with Gasteiger partial charge in [-0.2, -0.15) is 15.0 Å². The van der Waals surface area contributed by atoms with Crippen molar-refractivity contribution in [2.24, 2.45) is 5.92 Å². The Labute approximate surface area is 112 Å². The molecule has 0 bridgehead atoms. The van der Waals surface area contributed by atoms with Crippen molar-refractivity contribution in [1.82, 2.24) is 15.0 Å². The highest BCUT2D eigenvalue weighted by molar-refractivity contribution is 6.28. The molecule has 0 aliphatic carbocycles. The Hall–Kier alpha value is -1.14. The molecule has 1 fully saturated rings. The van der Waals surface area contributed by atoms with Crippen LogP contribution in [-0.4, -0.2) is 55.9 Å². The first-order valence-electron chi connectivity index (χ1n) is 5.93. The Bertz CT molecular complexity index is 414. The van der Waals surface area contributed by atoms with Crippen molar-refractivity contribution in [3.8, 4) is 0 Å². The number of hydrogen-bond donors (Lipinski definition) is 0. The SMILES string of the molecule is COCC1CCN(c2nc(Cl)nc(N(C)C)n2)C1. The van der Waals surface area contributed by atoms with E-state index in [0.29, 0.717) is 17.8 Å². The number of aromatic nitrogens is 3. The van der Waals surface area contributed by atoms with E-state index in [-0.39, 0.29) is 5.28 Å². The first-order valence-corrected chi connectivity index (χ1v) is 6.30. The molecule has 2 heterocycles. The van der Waals surface area contributed by atoms with Crippen molar-refractivity contribution in [3.05, 3.63) is 5.28 Å². The lowest BCUT2D eigenvalue weighted by molar-refractivity contribution is 0.161. The monoisotopic (exact) mass is 271 g/mol. The van der Waals surface area contributed by atoms with E-state index in [1.54, 1.807) is 7.11 Å². The van der Waals surface area contributed by atoms with Gasteiger partial charge in [-0.1, -0.05) is 0 Å². The van der Waals surface area contributed by atoms with Crippen LogP contribution in [-0.2, 0) is 4.74 Å². The number of anilines is 2. The number of rotatable bonds is 4. The zero-order valence-corrected chi connectivity index (χ0v) is 11.7. The van der Waals surface area contributed by atoms with Crippen LogP contribution in [0.4, 0.5) is 11.9 Å². The average molecular weight is 272 g/mol. The number of methoxy groups -OCH3 is 1. The van der Waals surface area contributed by atoms with Crippen LogP contribution in [0.1, 0.15) is 6.42 Å². The molecule has 0 amide bonds. The van der Waals surface area contributed by atoms with Crippen molar-refractivity contribution in [2.45, 2.75) is 6.42 Å². The van der Waals surface area contributed by atoms with Crippen LogP contribution in [0.15, 0.2) is 0 Å². The Morgan fingerprint density at radius 1 is 1.39 bits per heavy atom. The Balaban J connectivity index is 2.14. The molecule has 0 N–H and O–H groups in total. The van der Waals surface area contributed by atoms with Crippen LogP contribution >= 0.6 is 11.6 Å². The average Bonchev–Trinajstić information content (AvgIpc) is 2.77. The van der Waals surface area contributed by atoms with Crippen LogP contribution in [0.3, 0.4) is 0 Å². The maximum Gasteiger partial charge on any atom is 0.231 e. The predicted molar refractivity (Wildman–Crippen MR) is 71.4 cm³/mol. The summed E-state index contributed by atoms with van der Waals surface area (Å²) in [4.78, 5) is 16.6. The third-order valence-corrected chi connectivity index (χ3v) is 3.12. The smallest absolute Gasteiger partial charge is 0.231 e. The minimum atomic E-state index is 0.235. The summed E-state index contributed by atoms with van der Waals surface area (Å²) in [6, 6.07) is 0. The van der Waals surface area contributed by atoms with Gasteiger partial charge >= 0.3 is 0 Å². The summed E-state index contributed by atoms with van der Waals surface area (Å²) in [6.45, 7) is 2.61. The van der Waals surface area contributed by atoms with Gasteiger partial charge in [0.05, 0.1) is 6.61 Å². The lowest BCUT2D eigenvalue weighted by Crippen LogP contribution is -2.25. The zero-order valence-electron chi connectivity index (χ0n) is 10.9. The summed E-state index contributed by atoms with van der Waals surface area (Å²) >= 11 is 5.93. The zero-order chi connectivity index (χ0) is 13.1. The van der Waals surface area contributed by atoms with Gasteiger partial charge in [-0.3, -0.25) is 0 Å². The van der Waals surface area contributed by atoms with E-state index in [2.05, 4.69) is 19.9 Å². The topological polar surface area (TPSA) is 54.4 Å². The van der Waals surface area contributed by atoms with Crippen molar-refractivity contribution < 1.29 is 4.74 Å². The van der Waals surface area contributed by atoms with E-state index in [4.69, 9.17) is 16.3 Å². The Morgan fingerprint density at radius 2 is 2.17 bits per heavy atom. The normalized spacial score (nSPS) is 19.3. The fourth-order valence-electron chi connectivity index (χ4n) is 2.06. The van der Waals surface area contributed by atoms with Crippen molar-refractivity contribution in [2.75, 3.05) is 50.7 Å². The quantitative estimate of drug-likeness (QED) is 0.816. The summed E-state index contributed by atoms with van der Waals surface area (Å²) in [5.41, 5.74) is 0. The summed E-state index contributed by atoms with van der Waals surface area (Å²) in [6.07, 6.45) is 1.09. The highest BCUT2D eigenvalue weighted by Crippen LogP contribution is 2.23. The highest BCUT2D eigenvalue weighted by atomic mass is 35.5. The standard InChI is InChI=1S/C11H18ClN5O/c1-16(2)10-13-9(12)14-11(15-10)17-5-4-8(6-17)7-18-3/h8H,4-7H2,1-3H3. The number of ether oxygens (including phenoxy) is 1. The van der Waals surface area contributed by atoms with Crippen LogP contribution in [0.5, 0.6) is 0 Å². The second-order valence-electron chi connectivity index (χ2n) is 4.65. The van der Waals surface area contributed by atoms with E-state index in [0.717, 1.165) is 26.1 Å². The molecule has 1 aliphatic heterocycles. The van der Waals surface area contributed by atoms with Gasteiger partial charge in [0.1, 0.15) is 0 Å². The molecule has 2 rings (SSSR count). The summed E-state index contributed by atoms with van der Waals surface area (Å²) in [7, 11) is 5.49. The van der Waals surface area contributed by atoms with E-state index < -0.39 is 0 Å². The summed E-state index contributed by atoms with van der Waals surface area (Å²) in [5, 5.41) is 0.235. The molecule has 0 spiro atoms. The minimum Gasteiger partial charge on any atom is -0.384 e. The van der Waals surface area contributed by atoms with Crippen LogP contribution < -0.4 is 9.80 Å². The van der Waals surface area contributed by atoms with Crippen molar-refractivity contribution >= 4 is 23.5 Å². The van der Waals surface area contributed by atoms with Gasteiger partial charge < -0.3 is 14.5 Å². The molecule has 18 heavy (non-hydrogen) atoms. The predicted octanol–water partition coefficient (Wildman–Crippen LogP) is 1.06. The second-order valence-corrected chi connectivity index (χ2v) is 4.99. The number of halogens is 1.